The van der Waals surface area contributed by atoms with Gasteiger partial charge in [0.15, 0.2) is 11.6 Å². The van der Waals surface area contributed by atoms with Gasteiger partial charge in [-0.3, -0.25) is 9.78 Å². The number of pyridine rings is 4. The first-order valence-electron chi connectivity index (χ1n) is 16.2. The van der Waals surface area contributed by atoms with Crippen LogP contribution in [0.5, 0.6) is 0 Å². The largest absolute Gasteiger partial charge is 0.433 e. The molecular formula is C36H22F6N14O. The summed E-state index contributed by atoms with van der Waals surface area (Å²) in [4.78, 5) is 35.0. The van der Waals surface area contributed by atoms with Crippen molar-refractivity contribution in [2.24, 2.45) is 5.73 Å². The van der Waals surface area contributed by atoms with Gasteiger partial charge in [-0.25, -0.2) is 34.0 Å². The molecular weight excluding hydrogens is 758 g/mol. The van der Waals surface area contributed by atoms with Crippen molar-refractivity contribution in [3.63, 3.8) is 0 Å². The van der Waals surface area contributed by atoms with E-state index in [2.05, 4.69) is 50.7 Å². The maximum absolute atomic E-state index is 13.0. The molecule has 0 saturated carbocycles. The van der Waals surface area contributed by atoms with Crippen LogP contribution in [0.4, 0.5) is 49.4 Å². The Morgan fingerprint density at radius 3 is 1.61 bits per heavy atom. The highest BCUT2D eigenvalue weighted by Gasteiger charge is 2.33. The Balaban J connectivity index is 0.000000174. The summed E-state index contributed by atoms with van der Waals surface area (Å²) < 4.78 is 80.8. The maximum Gasteiger partial charge on any atom is 0.433 e. The zero-order chi connectivity index (χ0) is 40.3. The zero-order valence-electron chi connectivity index (χ0n) is 28.6. The van der Waals surface area contributed by atoms with Gasteiger partial charge < -0.3 is 16.4 Å². The summed E-state index contributed by atoms with van der Waals surface area (Å²) in [7, 11) is 0. The predicted molar refractivity (Wildman–Crippen MR) is 191 cm³/mol. The number of anilines is 4. The molecule has 0 saturated heterocycles. The zero-order valence-corrected chi connectivity index (χ0v) is 28.6. The number of nitrogens with two attached hydrogens (primary N) is 1. The van der Waals surface area contributed by atoms with Crippen molar-refractivity contribution in [2.45, 2.75) is 12.4 Å². The van der Waals surface area contributed by atoms with E-state index in [-0.39, 0.29) is 34.4 Å². The molecule has 0 radical (unpaired) electrons. The molecule has 8 heterocycles. The highest BCUT2D eigenvalue weighted by atomic mass is 19.4. The summed E-state index contributed by atoms with van der Waals surface area (Å²) in [6, 6.07) is 22.1. The van der Waals surface area contributed by atoms with Gasteiger partial charge in [0.25, 0.3) is 5.91 Å². The summed E-state index contributed by atoms with van der Waals surface area (Å²) in [6.45, 7) is 0. The summed E-state index contributed by atoms with van der Waals surface area (Å²) in [5.41, 5.74) is 5.58. The number of fused-ring (bicyclic) bond motifs is 2. The number of aromatic nitrogens is 10. The Labute approximate surface area is 315 Å². The van der Waals surface area contributed by atoms with E-state index in [9.17, 15) is 31.1 Å². The number of rotatable bonds is 7. The number of hydrogen-bond acceptors (Lipinski definition) is 12. The molecule has 57 heavy (non-hydrogen) atoms. The Bertz CT molecular complexity index is 2810. The minimum absolute atomic E-state index is 0.00789. The van der Waals surface area contributed by atoms with Gasteiger partial charge in [-0.15, -0.1) is 10.2 Å². The van der Waals surface area contributed by atoms with E-state index in [1.54, 1.807) is 48.8 Å². The number of nitrogens with zero attached hydrogens (tertiary/aromatic N) is 11. The monoisotopic (exact) mass is 780 g/mol. The number of amides is 1. The van der Waals surface area contributed by atoms with Crippen LogP contribution in [0.1, 0.15) is 27.6 Å². The molecule has 8 rings (SSSR count). The Hall–Kier alpha value is -8.02. The van der Waals surface area contributed by atoms with E-state index in [1.807, 2.05) is 6.07 Å². The molecule has 0 aliphatic carbocycles. The lowest BCUT2D eigenvalue weighted by molar-refractivity contribution is -0.141. The van der Waals surface area contributed by atoms with Gasteiger partial charge in [0.05, 0.1) is 0 Å². The molecule has 8 aromatic rings. The minimum atomic E-state index is -4.59. The van der Waals surface area contributed by atoms with Crippen LogP contribution in [0.25, 0.3) is 34.1 Å². The number of halogens is 6. The average Bonchev–Trinajstić information content (AvgIpc) is 3.88. The van der Waals surface area contributed by atoms with Crippen LogP contribution in [-0.2, 0) is 12.4 Å². The van der Waals surface area contributed by atoms with Crippen LogP contribution in [0.3, 0.4) is 0 Å². The molecule has 21 heteroatoms. The van der Waals surface area contributed by atoms with E-state index >= 15 is 0 Å². The molecule has 1 amide bonds. The lowest BCUT2D eigenvalue weighted by atomic mass is 10.3. The fourth-order valence-corrected chi connectivity index (χ4v) is 5.19. The third kappa shape index (κ3) is 8.39. The molecule has 0 aliphatic heterocycles. The number of nitrogens with one attached hydrogen (secondary N) is 2. The summed E-state index contributed by atoms with van der Waals surface area (Å²) in [5.74, 6) is -0.0264. The fourth-order valence-electron chi connectivity index (χ4n) is 5.19. The van der Waals surface area contributed by atoms with Gasteiger partial charge in [-0.05, 0) is 72.8 Å². The first-order chi connectivity index (χ1) is 27.2. The van der Waals surface area contributed by atoms with Gasteiger partial charge in [0.2, 0.25) is 11.6 Å². The SMILES string of the molecule is N#Cc1cc(Nc2nc(-c3cccc(C(F)(F)F)n3)nn3cccc23)ccn1.NC(=O)c1cc(Nc2nc(-c3cccc(C(F)(F)F)n3)nn3cccc23)ccn1. The molecule has 0 bridgehead atoms. The van der Waals surface area contributed by atoms with Crippen molar-refractivity contribution in [3.8, 4) is 29.1 Å². The van der Waals surface area contributed by atoms with Crippen LogP contribution in [0.2, 0.25) is 0 Å². The highest BCUT2D eigenvalue weighted by molar-refractivity contribution is 5.92. The van der Waals surface area contributed by atoms with Crippen LogP contribution in [-0.4, -0.2) is 55.0 Å². The average molecular weight is 781 g/mol. The lowest BCUT2D eigenvalue weighted by Gasteiger charge is -2.11. The normalized spacial score (nSPS) is 11.5. The number of alkyl halides is 6. The quantitative estimate of drug-likeness (QED) is 0.142. The lowest BCUT2D eigenvalue weighted by Crippen LogP contribution is -2.13. The molecule has 284 valence electrons. The minimum Gasteiger partial charge on any atom is -0.364 e. The third-order valence-electron chi connectivity index (χ3n) is 7.73. The molecule has 15 nitrogen and oxygen atoms in total. The summed E-state index contributed by atoms with van der Waals surface area (Å²) in [5, 5.41) is 23.5. The van der Waals surface area contributed by atoms with Crippen molar-refractivity contribution in [3.05, 3.63) is 132 Å². The van der Waals surface area contributed by atoms with Crippen LogP contribution >= 0.6 is 0 Å². The van der Waals surface area contributed by atoms with Crippen molar-refractivity contribution in [2.75, 3.05) is 10.6 Å². The van der Waals surface area contributed by atoms with Gasteiger partial charge >= 0.3 is 12.4 Å². The first-order valence-corrected chi connectivity index (χ1v) is 16.2. The Morgan fingerprint density at radius 2 is 1.14 bits per heavy atom. The first kappa shape index (κ1) is 37.3. The second-order valence-corrected chi connectivity index (χ2v) is 11.6. The van der Waals surface area contributed by atoms with Crippen LogP contribution < -0.4 is 16.4 Å². The molecule has 0 atom stereocenters. The van der Waals surface area contributed by atoms with Gasteiger partial charge in [0.1, 0.15) is 51.3 Å². The summed E-state index contributed by atoms with van der Waals surface area (Å²) in [6.07, 6.45) is -3.02. The van der Waals surface area contributed by atoms with Crippen LogP contribution in [0.15, 0.2) is 110 Å². The number of nitriles is 1. The topological polar surface area (TPSA) is 203 Å². The highest BCUT2D eigenvalue weighted by Crippen LogP contribution is 2.31. The predicted octanol–water partition coefficient (Wildman–Crippen LogP) is 6.87. The van der Waals surface area contributed by atoms with E-state index < -0.39 is 29.6 Å². The van der Waals surface area contributed by atoms with Gasteiger partial charge in [-0.1, -0.05) is 12.1 Å². The molecule has 4 N–H and O–H groups in total. The molecule has 0 aliphatic rings. The smallest absolute Gasteiger partial charge is 0.364 e. The van der Waals surface area contributed by atoms with Crippen LogP contribution in [0, 0.1) is 11.3 Å². The van der Waals surface area contributed by atoms with Crippen molar-refractivity contribution < 1.29 is 31.1 Å². The molecule has 0 aromatic carbocycles. The van der Waals surface area contributed by atoms with E-state index in [0.29, 0.717) is 34.0 Å². The van der Waals surface area contributed by atoms with Crippen molar-refractivity contribution >= 4 is 40.0 Å². The molecule has 8 aromatic heterocycles. The third-order valence-corrected chi connectivity index (χ3v) is 7.73. The second kappa shape index (κ2) is 15.0. The van der Waals surface area contributed by atoms with Gasteiger partial charge in [-0.2, -0.15) is 31.6 Å². The number of primary amides is 1. The number of hydrogen-bond donors (Lipinski definition) is 3. The van der Waals surface area contributed by atoms with Crippen molar-refractivity contribution in [1.82, 2.24) is 49.1 Å². The standard InChI is InChI=1S/C18H12F3N7O.C18H10F3N7/c19-18(20,21)14-5-1-3-11(25-14)16-26-17(13-4-2-8-28(13)27-16)24-10-6-7-23-12(9-10)15(22)29;19-18(20,21)15-5-1-3-13(25-15)16-26-17(14-4-2-8-28(14)27-16)24-11-6-7-23-12(9-11)10-22/h1-9H,(H2,22,29)(H,23,24,26,27);1-9H,(H,23,24,26,27). The van der Waals surface area contributed by atoms with E-state index in [1.165, 1.54) is 57.8 Å². The fraction of sp³-hybridized carbons (Fsp3) is 0.0556. The molecule has 0 fully saturated rings. The van der Waals surface area contributed by atoms with Crippen molar-refractivity contribution in [1.29, 1.82) is 5.26 Å². The second-order valence-electron chi connectivity index (χ2n) is 11.6. The molecule has 0 unspecified atom stereocenters. The Kier molecular flexibility index (Phi) is 9.83. The Morgan fingerprint density at radius 1 is 0.649 bits per heavy atom. The number of carbonyl (C=O) groups is 1. The summed E-state index contributed by atoms with van der Waals surface area (Å²) >= 11 is 0. The number of carbonyl (C=O) groups excluding carboxylic acids is 1. The van der Waals surface area contributed by atoms with E-state index in [0.717, 1.165) is 12.1 Å². The molecule has 0 spiro atoms. The van der Waals surface area contributed by atoms with Gasteiger partial charge in [0, 0.05) is 36.2 Å². The maximum atomic E-state index is 13.0. The van der Waals surface area contributed by atoms with E-state index in [4.69, 9.17) is 11.0 Å².